The first-order valence-corrected chi connectivity index (χ1v) is 10.3. The van der Waals surface area contributed by atoms with Gasteiger partial charge in [0.1, 0.15) is 6.04 Å². The SMILES string of the molecule is CC(=O)c1cccc(NC(=O)[C@@H](c2ccccc2)N2CCC(C(=O)N(C)C)CC2)c1. The van der Waals surface area contributed by atoms with E-state index in [0.717, 1.165) is 18.4 Å². The van der Waals surface area contributed by atoms with Gasteiger partial charge in [0.25, 0.3) is 0 Å². The Morgan fingerprint density at radius 1 is 1.00 bits per heavy atom. The molecule has 3 rings (SSSR count). The van der Waals surface area contributed by atoms with Crippen LogP contribution in [-0.2, 0) is 9.59 Å². The number of benzene rings is 2. The summed E-state index contributed by atoms with van der Waals surface area (Å²) in [4.78, 5) is 41.1. The van der Waals surface area contributed by atoms with Gasteiger partial charge in [0.15, 0.2) is 5.78 Å². The van der Waals surface area contributed by atoms with Crippen molar-refractivity contribution < 1.29 is 14.4 Å². The normalized spacial score (nSPS) is 16.0. The Bertz CT molecular complexity index is 903. The van der Waals surface area contributed by atoms with Gasteiger partial charge in [0.05, 0.1) is 0 Å². The van der Waals surface area contributed by atoms with Crippen LogP contribution in [0.25, 0.3) is 0 Å². The second kappa shape index (κ2) is 9.67. The molecule has 2 aromatic carbocycles. The molecule has 6 heteroatoms. The monoisotopic (exact) mass is 407 g/mol. The van der Waals surface area contributed by atoms with Gasteiger partial charge in [-0.05, 0) is 50.6 Å². The maximum Gasteiger partial charge on any atom is 0.246 e. The van der Waals surface area contributed by atoms with Gasteiger partial charge in [-0.3, -0.25) is 19.3 Å². The fraction of sp³-hybridized carbons (Fsp3) is 0.375. The molecule has 1 heterocycles. The van der Waals surface area contributed by atoms with Crippen LogP contribution in [0, 0.1) is 5.92 Å². The van der Waals surface area contributed by atoms with Crippen molar-refractivity contribution in [2.75, 3.05) is 32.5 Å². The zero-order valence-electron chi connectivity index (χ0n) is 17.8. The summed E-state index contributed by atoms with van der Waals surface area (Å²) in [7, 11) is 3.56. The van der Waals surface area contributed by atoms with Gasteiger partial charge < -0.3 is 10.2 Å². The van der Waals surface area contributed by atoms with E-state index in [1.54, 1.807) is 43.3 Å². The first-order chi connectivity index (χ1) is 14.4. The Kier molecular flexibility index (Phi) is 7.00. The van der Waals surface area contributed by atoms with Crippen molar-refractivity contribution in [2.24, 2.45) is 5.92 Å². The van der Waals surface area contributed by atoms with E-state index in [0.29, 0.717) is 24.3 Å². The molecule has 0 unspecified atom stereocenters. The number of nitrogens with zero attached hydrogens (tertiary/aromatic N) is 2. The van der Waals surface area contributed by atoms with Crippen LogP contribution < -0.4 is 5.32 Å². The van der Waals surface area contributed by atoms with E-state index in [2.05, 4.69) is 10.2 Å². The summed E-state index contributed by atoms with van der Waals surface area (Å²) in [5.74, 6) is -0.0305. The van der Waals surface area contributed by atoms with Crippen LogP contribution in [0.2, 0.25) is 0 Å². The number of carbonyl (C=O) groups excluding carboxylic acids is 3. The van der Waals surface area contributed by atoms with E-state index >= 15 is 0 Å². The predicted molar refractivity (Wildman–Crippen MR) is 117 cm³/mol. The van der Waals surface area contributed by atoms with E-state index < -0.39 is 6.04 Å². The fourth-order valence-corrected chi connectivity index (χ4v) is 3.96. The van der Waals surface area contributed by atoms with Crippen LogP contribution in [-0.4, -0.2) is 54.6 Å². The second-order valence-electron chi connectivity index (χ2n) is 7.98. The number of nitrogens with one attached hydrogen (secondary N) is 1. The lowest BCUT2D eigenvalue weighted by molar-refractivity contribution is -0.135. The predicted octanol–water partition coefficient (Wildman–Crippen LogP) is 3.37. The second-order valence-corrected chi connectivity index (χ2v) is 7.98. The first kappa shape index (κ1) is 21.7. The Hall–Kier alpha value is -2.99. The molecule has 30 heavy (non-hydrogen) atoms. The zero-order valence-corrected chi connectivity index (χ0v) is 17.8. The zero-order chi connectivity index (χ0) is 21.7. The van der Waals surface area contributed by atoms with Crippen molar-refractivity contribution in [1.82, 2.24) is 9.80 Å². The molecule has 0 spiro atoms. The molecule has 0 bridgehead atoms. The van der Waals surface area contributed by atoms with E-state index in [9.17, 15) is 14.4 Å². The van der Waals surface area contributed by atoms with Crippen molar-refractivity contribution in [2.45, 2.75) is 25.8 Å². The van der Waals surface area contributed by atoms with Crippen LogP contribution in [0.4, 0.5) is 5.69 Å². The Morgan fingerprint density at radius 3 is 2.27 bits per heavy atom. The number of likely N-dealkylation sites (tertiary alicyclic amines) is 1. The van der Waals surface area contributed by atoms with Crippen molar-refractivity contribution in [3.8, 4) is 0 Å². The molecule has 2 aromatic rings. The molecule has 1 fully saturated rings. The molecule has 0 saturated carbocycles. The fourth-order valence-electron chi connectivity index (χ4n) is 3.96. The summed E-state index contributed by atoms with van der Waals surface area (Å²) in [6.45, 7) is 2.85. The number of ketones is 1. The molecular weight excluding hydrogens is 378 g/mol. The number of carbonyl (C=O) groups is 3. The van der Waals surface area contributed by atoms with Crippen molar-refractivity contribution >= 4 is 23.3 Å². The third kappa shape index (κ3) is 5.13. The first-order valence-electron chi connectivity index (χ1n) is 10.3. The van der Waals surface area contributed by atoms with Crippen LogP contribution in [0.5, 0.6) is 0 Å². The van der Waals surface area contributed by atoms with Gasteiger partial charge in [-0.2, -0.15) is 0 Å². The largest absolute Gasteiger partial charge is 0.349 e. The van der Waals surface area contributed by atoms with Gasteiger partial charge in [-0.25, -0.2) is 0 Å². The number of hydrogen-bond acceptors (Lipinski definition) is 4. The van der Waals surface area contributed by atoms with Crippen LogP contribution in [0.1, 0.15) is 41.7 Å². The lowest BCUT2D eigenvalue weighted by Gasteiger charge is -2.37. The number of rotatable bonds is 6. The van der Waals surface area contributed by atoms with Gasteiger partial charge in [0, 0.05) is 31.3 Å². The average molecular weight is 408 g/mol. The minimum Gasteiger partial charge on any atom is -0.349 e. The average Bonchev–Trinajstić information content (AvgIpc) is 2.74. The molecular formula is C24H29N3O3. The quantitative estimate of drug-likeness (QED) is 0.746. The lowest BCUT2D eigenvalue weighted by atomic mass is 9.93. The van der Waals surface area contributed by atoms with E-state index in [1.165, 1.54) is 6.92 Å². The van der Waals surface area contributed by atoms with Gasteiger partial charge in [-0.15, -0.1) is 0 Å². The Morgan fingerprint density at radius 2 is 1.67 bits per heavy atom. The number of Topliss-reactive ketones (excluding diaryl/α,β-unsaturated/α-hetero) is 1. The minimum absolute atomic E-state index is 0.00276. The number of piperidine rings is 1. The summed E-state index contributed by atoms with van der Waals surface area (Å²) < 4.78 is 0. The third-order valence-corrected chi connectivity index (χ3v) is 5.59. The molecule has 1 saturated heterocycles. The minimum atomic E-state index is -0.456. The highest BCUT2D eigenvalue weighted by molar-refractivity contribution is 5.98. The maximum absolute atomic E-state index is 13.3. The molecule has 1 N–H and O–H groups in total. The smallest absolute Gasteiger partial charge is 0.246 e. The van der Waals surface area contributed by atoms with E-state index in [-0.39, 0.29) is 23.5 Å². The summed E-state index contributed by atoms with van der Waals surface area (Å²) in [5, 5.41) is 2.98. The molecule has 1 aliphatic heterocycles. The molecule has 1 aliphatic rings. The van der Waals surface area contributed by atoms with E-state index in [4.69, 9.17) is 0 Å². The van der Waals surface area contributed by atoms with Gasteiger partial charge in [0.2, 0.25) is 11.8 Å². The standard InChI is InChI=1S/C24H29N3O3/c1-17(28)20-10-7-11-21(16-20)25-23(29)22(18-8-5-4-6-9-18)27-14-12-19(13-15-27)24(30)26(2)3/h4-11,16,19,22H,12-15H2,1-3H3,(H,25,29)/t22-/m1/s1. The van der Waals surface area contributed by atoms with Crippen molar-refractivity contribution in [3.63, 3.8) is 0 Å². The third-order valence-electron chi connectivity index (χ3n) is 5.59. The number of anilines is 1. The molecule has 0 radical (unpaired) electrons. The highest BCUT2D eigenvalue weighted by Gasteiger charge is 2.33. The summed E-state index contributed by atoms with van der Waals surface area (Å²) >= 11 is 0. The Balaban J connectivity index is 1.79. The topological polar surface area (TPSA) is 69.7 Å². The summed E-state index contributed by atoms with van der Waals surface area (Å²) in [5.41, 5.74) is 2.08. The van der Waals surface area contributed by atoms with Crippen molar-refractivity contribution in [3.05, 3.63) is 65.7 Å². The Labute approximate surface area is 177 Å². The molecule has 0 aromatic heterocycles. The summed E-state index contributed by atoms with van der Waals surface area (Å²) in [6, 6.07) is 16.2. The van der Waals surface area contributed by atoms with Crippen LogP contribution in [0.15, 0.2) is 54.6 Å². The molecule has 158 valence electrons. The molecule has 0 aliphatic carbocycles. The molecule has 1 atom stereocenters. The van der Waals surface area contributed by atoms with Crippen molar-refractivity contribution in [1.29, 1.82) is 0 Å². The number of amides is 2. The lowest BCUT2D eigenvalue weighted by Crippen LogP contribution is -2.44. The van der Waals surface area contributed by atoms with Gasteiger partial charge in [-0.1, -0.05) is 42.5 Å². The summed E-state index contributed by atoms with van der Waals surface area (Å²) in [6.07, 6.45) is 1.46. The van der Waals surface area contributed by atoms with Crippen LogP contribution >= 0.6 is 0 Å². The molecule has 6 nitrogen and oxygen atoms in total. The van der Waals surface area contributed by atoms with Gasteiger partial charge >= 0.3 is 0 Å². The number of hydrogen-bond donors (Lipinski definition) is 1. The molecule has 2 amide bonds. The van der Waals surface area contributed by atoms with Crippen LogP contribution in [0.3, 0.4) is 0 Å². The highest BCUT2D eigenvalue weighted by Crippen LogP contribution is 2.29. The van der Waals surface area contributed by atoms with E-state index in [1.807, 2.05) is 30.3 Å². The highest BCUT2D eigenvalue weighted by atomic mass is 16.2. The maximum atomic E-state index is 13.3.